The van der Waals surface area contributed by atoms with Gasteiger partial charge in [-0.2, -0.15) is 4.68 Å². The van der Waals surface area contributed by atoms with Crippen molar-refractivity contribution in [2.75, 3.05) is 0 Å². The van der Waals surface area contributed by atoms with Crippen LogP contribution in [0.3, 0.4) is 0 Å². The second kappa shape index (κ2) is 4.70. The number of aliphatic carboxylic acids is 1. The zero-order valence-corrected chi connectivity index (χ0v) is 11.4. The van der Waals surface area contributed by atoms with Crippen LogP contribution in [0.4, 0.5) is 0 Å². The van der Waals surface area contributed by atoms with Crippen molar-refractivity contribution >= 4 is 5.97 Å². The highest BCUT2D eigenvalue weighted by molar-refractivity contribution is 5.74. The van der Waals surface area contributed by atoms with Gasteiger partial charge in [0.25, 0.3) is 0 Å². The number of nitrogens with zero attached hydrogens (tertiary/aromatic N) is 4. The molecule has 2 unspecified atom stereocenters. The molecule has 0 saturated heterocycles. The number of para-hydroxylation sites is 1. The predicted molar refractivity (Wildman–Crippen MR) is 71.7 cm³/mol. The molecular formula is C14H16N4O2. The van der Waals surface area contributed by atoms with Crippen LogP contribution >= 0.6 is 0 Å². The quantitative estimate of drug-likeness (QED) is 0.920. The molecule has 1 aliphatic carbocycles. The molecule has 1 fully saturated rings. The van der Waals surface area contributed by atoms with Gasteiger partial charge in [-0.1, -0.05) is 32.0 Å². The van der Waals surface area contributed by atoms with Gasteiger partial charge in [-0.25, -0.2) is 0 Å². The van der Waals surface area contributed by atoms with E-state index in [2.05, 4.69) is 29.4 Å². The van der Waals surface area contributed by atoms with E-state index in [1.54, 1.807) is 4.68 Å². The molecular weight excluding hydrogens is 256 g/mol. The summed E-state index contributed by atoms with van der Waals surface area (Å²) in [5.74, 6) is -0.224. The summed E-state index contributed by atoms with van der Waals surface area (Å²) >= 11 is 0. The molecule has 0 bridgehead atoms. The van der Waals surface area contributed by atoms with E-state index in [0.29, 0.717) is 18.2 Å². The number of carboxylic acids is 1. The maximum atomic E-state index is 11.0. The first-order valence-corrected chi connectivity index (χ1v) is 6.70. The van der Waals surface area contributed by atoms with Crippen molar-refractivity contribution in [1.29, 1.82) is 0 Å². The van der Waals surface area contributed by atoms with Crippen molar-refractivity contribution in [2.45, 2.75) is 32.1 Å². The van der Waals surface area contributed by atoms with E-state index >= 15 is 0 Å². The molecule has 0 aliphatic heterocycles. The molecule has 6 nitrogen and oxygen atoms in total. The average molecular weight is 272 g/mol. The summed E-state index contributed by atoms with van der Waals surface area (Å²) in [6.07, 6.45) is 0.611. The van der Waals surface area contributed by atoms with E-state index < -0.39 is 5.97 Å². The Labute approximate surface area is 116 Å². The summed E-state index contributed by atoms with van der Waals surface area (Å²) in [5.41, 5.74) is 2.08. The number of hydrogen-bond donors (Lipinski definition) is 1. The van der Waals surface area contributed by atoms with Crippen LogP contribution in [0.15, 0.2) is 24.3 Å². The zero-order chi connectivity index (χ0) is 14.3. The monoisotopic (exact) mass is 272 g/mol. The van der Waals surface area contributed by atoms with Crippen molar-refractivity contribution < 1.29 is 9.90 Å². The van der Waals surface area contributed by atoms with E-state index in [-0.39, 0.29) is 11.8 Å². The molecule has 104 valence electrons. The van der Waals surface area contributed by atoms with Crippen LogP contribution in [0.2, 0.25) is 0 Å². The number of carbonyl (C=O) groups is 1. The molecule has 1 aromatic carbocycles. The predicted octanol–water partition coefficient (Wildman–Crippen LogP) is 1.97. The number of carboxylic acid groups (broad SMARTS) is 1. The minimum absolute atomic E-state index is 0.0808. The minimum atomic E-state index is -0.776. The highest BCUT2D eigenvalue weighted by Crippen LogP contribution is 2.47. The van der Waals surface area contributed by atoms with Gasteiger partial charge in [-0.05, 0) is 34.4 Å². The first kappa shape index (κ1) is 12.8. The van der Waals surface area contributed by atoms with Crippen LogP contribution < -0.4 is 0 Å². The summed E-state index contributed by atoms with van der Waals surface area (Å²) < 4.78 is 1.68. The van der Waals surface area contributed by atoms with Crippen LogP contribution in [0.5, 0.6) is 0 Å². The Kier molecular flexibility index (Phi) is 3.00. The summed E-state index contributed by atoms with van der Waals surface area (Å²) in [5, 5.41) is 20.8. The third-order valence-corrected chi connectivity index (χ3v) is 3.72. The fourth-order valence-electron chi connectivity index (χ4n) is 2.52. The number of tetrazole rings is 1. The van der Waals surface area contributed by atoms with E-state index in [1.807, 2.05) is 24.3 Å². The Morgan fingerprint density at radius 1 is 1.40 bits per heavy atom. The second-order valence-corrected chi connectivity index (χ2v) is 5.45. The summed E-state index contributed by atoms with van der Waals surface area (Å²) in [7, 11) is 0. The molecule has 2 atom stereocenters. The van der Waals surface area contributed by atoms with Gasteiger partial charge in [-0.15, -0.1) is 5.10 Å². The Balaban J connectivity index is 2.01. The Morgan fingerprint density at radius 3 is 2.80 bits per heavy atom. The highest BCUT2D eigenvalue weighted by atomic mass is 16.4. The van der Waals surface area contributed by atoms with E-state index in [1.165, 1.54) is 0 Å². The number of hydrogen-bond acceptors (Lipinski definition) is 4. The molecule has 0 spiro atoms. The lowest BCUT2D eigenvalue weighted by molar-refractivity contribution is -0.138. The van der Waals surface area contributed by atoms with Gasteiger partial charge in [0.2, 0.25) is 0 Å². The molecule has 1 saturated carbocycles. The van der Waals surface area contributed by atoms with Crippen molar-refractivity contribution in [3.63, 3.8) is 0 Å². The summed E-state index contributed by atoms with van der Waals surface area (Å²) in [6, 6.07) is 7.94. The number of aromatic nitrogens is 4. The topological polar surface area (TPSA) is 80.9 Å². The average Bonchev–Trinajstić information content (AvgIpc) is 3.09. The molecule has 0 amide bonds. The van der Waals surface area contributed by atoms with Crippen LogP contribution in [-0.2, 0) is 4.79 Å². The van der Waals surface area contributed by atoms with Gasteiger partial charge in [0.1, 0.15) is 0 Å². The van der Waals surface area contributed by atoms with Crippen LogP contribution in [-0.4, -0.2) is 31.3 Å². The lowest BCUT2D eigenvalue weighted by atomic mass is 10.0. The van der Waals surface area contributed by atoms with Gasteiger partial charge >= 0.3 is 5.97 Å². The van der Waals surface area contributed by atoms with Crippen molar-refractivity contribution in [1.82, 2.24) is 20.2 Å². The Morgan fingerprint density at radius 2 is 2.15 bits per heavy atom. The molecule has 1 N–H and O–H groups in total. The normalized spacial score (nSPS) is 21.1. The van der Waals surface area contributed by atoms with Crippen LogP contribution in [0.1, 0.15) is 43.5 Å². The zero-order valence-electron chi connectivity index (χ0n) is 11.4. The maximum absolute atomic E-state index is 11.0. The lowest BCUT2D eigenvalue weighted by Crippen LogP contribution is -2.08. The molecule has 1 heterocycles. The first-order chi connectivity index (χ1) is 9.59. The highest BCUT2D eigenvalue weighted by Gasteiger charge is 2.47. The largest absolute Gasteiger partial charge is 0.481 e. The molecule has 20 heavy (non-hydrogen) atoms. The third kappa shape index (κ3) is 2.07. The van der Waals surface area contributed by atoms with Gasteiger partial charge < -0.3 is 5.11 Å². The van der Waals surface area contributed by atoms with Gasteiger partial charge in [0.05, 0.1) is 11.6 Å². The fraction of sp³-hybridized carbons (Fsp3) is 0.429. The van der Waals surface area contributed by atoms with E-state index in [9.17, 15) is 4.79 Å². The minimum Gasteiger partial charge on any atom is -0.481 e. The third-order valence-electron chi connectivity index (χ3n) is 3.72. The van der Waals surface area contributed by atoms with Gasteiger partial charge in [-0.3, -0.25) is 4.79 Å². The molecule has 3 rings (SSSR count). The first-order valence-electron chi connectivity index (χ1n) is 6.70. The lowest BCUT2D eigenvalue weighted by Gasteiger charge is -2.13. The second-order valence-electron chi connectivity index (χ2n) is 5.45. The number of rotatable bonds is 4. The summed E-state index contributed by atoms with van der Waals surface area (Å²) in [6.45, 7) is 4.22. The van der Waals surface area contributed by atoms with Gasteiger partial charge in [0, 0.05) is 5.92 Å². The standard InChI is InChI=1S/C14H16N4O2/c1-8(2)9-5-3-4-6-12(9)18-13(15-16-17-18)10-7-11(10)14(19)20/h3-6,8,10-11H,7H2,1-2H3,(H,19,20). The molecule has 1 aromatic heterocycles. The van der Waals surface area contributed by atoms with Gasteiger partial charge in [0.15, 0.2) is 5.82 Å². The van der Waals surface area contributed by atoms with Crippen LogP contribution in [0.25, 0.3) is 5.69 Å². The van der Waals surface area contributed by atoms with Crippen LogP contribution in [0, 0.1) is 5.92 Å². The Bertz CT molecular complexity index is 650. The van der Waals surface area contributed by atoms with Crippen molar-refractivity contribution in [2.24, 2.45) is 5.92 Å². The SMILES string of the molecule is CC(C)c1ccccc1-n1nnnc1C1CC1C(=O)O. The smallest absolute Gasteiger partial charge is 0.307 e. The molecule has 0 radical (unpaired) electrons. The summed E-state index contributed by atoms with van der Waals surface area (Å²) in [4.78, 5) is 11.0. The molecule has 6 heteroatoms. The van der Waals surface area contributed by atoms with Crippen molar-refractivity contribution in [3.8, 4) is 5.69 Å². The van der Waals surface area contributed by atoms with E-state index in [4.69, 9.17) is 5.11 Å². The molecule has 2 aromatic rings. The Hall–Kier alpha value is -2.24. The maximum Gasteiger partial charge on any atom is 0.307 e. The molecule has 1 aliphatic rings. The number of benzene rings is 1. The van der Waals surface area contributed by atoms with E-state index in [0.717, 1.165) is 11.3 Å². The van der Waals surface area contributed by atoms with Crippen molar-refractivity contribution in [3.05, 3.63) is 35.7 Å². The fourth-order valence-corrected chi connectivity index (χ4v) is 2.52.